The predicted molar refractivity (Wildman–Crippen MR) is 77.2 cm³/mol. The molecule has 19 heavy (non-hydrogen) atoms. The van der Waals surface area contributed by atoms with Crippen LogP contribution < -0.4 is 16.2 Å². The van der Waals surface area contributed by atoms with Crippen molar-refractivity contribution >= 4 is 5.91 Å². The molecule has 0 fully saturated rings. The zero-order valence-corrected chi connectivity index (χ0v) is 12.4. The van der Waals surface area contributed by atoms with Gasteiger partial charge in [0.15, 0.2) is 0 Å². The Kier molecular flexibility index (Phi) is 4.25. The Hall–Kier alpha value is -1.55. The molecule has 0 aromatic heterocycles. The van der Waals surface area contributed by atoms with Crippen LogP contribution in [0.1, 0.15) is 38.8 Å². The summed E-state index contributed by atoms with van der Waals surface area (Å²) < 4.78 is 5.74. The first-order chi connectivity index (χ1) is 8.54. The van der Waals surface area contributed by atoms with Gasteiger partial charge in [-0.1, -0.05) is 32.9 Å². The zero-order chi connectivity index (χ0) is 14.8. The van der Waals surface area contributed by atoms with E-state index in [-0.39, 0.29) is 12.0 Å². The number of rotatable bonds is 4. The van der Waals surface area contributed by atoms with Crippen molar-refractivity contribution in [2.75, 3.05) is 6.61 Å². The van der Waals surface area contributed by atoms with Gasteiger partial charge in [-0.15, -0.1) is 0 Å². The first kappa shape index (κ1) is 15.5. The van der Waals surface area contributed by atoms with Gasteiger partial charge < -0.3 is 16.2 Å². The third-order valence-corrected chi connectivity index (χ3v) is 3.04. The summed E-state index contributed by atoms with van der Waals surface area (Å²) >= 11 is 0. The molecule has 0 heterocycles. The van der Waals surface area contributed by atoms with E-state index in [1.165, 1.54) is 0 Å². The van der Waals surface area contributed by atoms with Crippen LogP contribution in [0.2, 0.25) is 0 Å². The second-order valence-corrected chi connectivity index (χ2v) is 6.32. The smallest absolute Gasteiger partial charge is 0.240 e. The maximum Gasteiger partial charge on any atom is 0.240 e. The Labute approximate surface area is 115 Å². The molecule has 1 aromatic rings. The van der Waals surface area contributed by atoms with Crippen LogP contribution in [0.4, 0.5) is 0 Å². The lowest BCUT2D eigenvalue weighted by Gasteiger charge is -2.26. The first-order valence-corrected chi connectivity index (χ1v) is 6.37. The molecule has 4 N–H and O–H groups in total. The minimum Gasteiger partial charge on any atom is -0.491 e. The van der Waals surface area contributed by atoms with E-state index in [1.807, 2.05) is 25.1 Å². The van der Waals surface area contributed by atoms with Crippen LogP contribution in [-0.4, -0.2) is 18.1 Å². The molecule has 106 valence electrons. The number of benzene rings is 1. The van der Waals surface area contributed by atoms with E-state index in [2.05, 4.69) is 20.8 Å². The molecule has 1 rings (SSSR count). The van der Waals surface area contributed by atoms with Crippen molar-refractivity contribution < 1.29 is 9.53 Å². The Morgan fingerprint density at radius 2 is 1.84 bits per heavy atom. The highest BCUT2D eigenvalue weighted by atomic mass is 16.5. The fourth-order valence-electron chi connectivity index (χ4n) is 1.67. The molecule has 1 aromatic carbocycles. The number of amides is 1. The Morgan fingerprint density at radius 1 is 1.26 bits per heavy atom. The van der Waals surface area contributed by atoms with Crippen molar-refractivity contribution in [2.24, 2.45) is 11.5 Å². The van der Waals surface area contributed by atoms with Crippen LogP contribution in [0.5, 0.6) is 5.75 Å². The van der Waals surface area contributed by atoms with Crippen LogP contribution in [0.25, 0.3) is 0 Å². The summed E-state index contributed by atoms with van der Waals surface area (Å²) in [5.74, 6) is 0.183. The van der Waals surface area contributed by atoms with Crippen molar-refractivity contribution in [3.63, 3.8) is 0 Å². The number of aryl methyl sites for hydroxylation is 1. The summed E-state index contributed by atoms with van der Waals surface area (Å²) in [6.45, 7) is 9.96. The maximum atomic E-state index is 11.2. The van der Waals surface area contributed by atoms with Crippen molar-refractivity contribution in [2.45, 2.75) is 45.6 Å². The number of carbonyl (C=O) groups is 1. The van der Waals surface area contributed by atoms with Crippen molar-refractivity contribution in [1.29, 1.82) is 0 Å². The quantitative estimate of drug-likeness (QED) is 0.871. The minimum absolute atomic E-state index is 0.0409. The SMILES string of the molecule is Cc1ccc(C(C)(C)C)c(OCC(C)(N)C(N)=O)c1. The lowest BCUT2D eigenvalue weighted by molar-refractivity contribution is -0.123. The number of primary amides is 1. The fourth-order valence-corrected chi connectivity index (χ4v) is 1.67. The molecular weight excluding hydrogens is 240 g/mol. The van der Waals surface area contributed by atoms with Crippen molar-refractivity contribution in [3.8, 4) is 5.75 Å². The summed E-state index contributed by atoms with van der Waals surface area (Å²) in [5.41, 5.74) is 12.0. The second-order valence-electron chi connectivity index (χ2n) is 6.32. The molecule has 0 aliphatic heterocycles. The summed E-state index contributed by atoms with van der Waals surface area (Å²) in [5, 5.41) is 0. The summed E-state index contributed by atoms with van der Waals surface area (Å²) in [4.78, 5) is 11.2. The van der Waals surface area contributed by atoms with Crippen LogP contribution in [0.15, 0.2) is 18.2 Å². The second kappa shape index (κ2) is 5.21. The summed E-state index contributed by atoms with van der Waals surface area (Å²) in [6, 6.07) is 6.05. The Balaban J connectivity index is 3.01. The molecule has 0 aliphatic rings. The van der Waals surface area contributed by atoms with Crippen molar-refractivity contribution in [1.82, 2.24) is 0 Å². The van der Waals surface area contributed by atoms with E-state index < -0.39 is 11.4 Å². The van der Waals surface area contributed by atoms with E-state index >= 15 is 0 Å². The van der Waals surface area contributed by atoms with Gasteiger partial charge in [0.1, 0.15) is 17.9 Å². The molecule has 1 unspecified atom stereocenters. The number of ether oxygens (including phenoxy) is 1. The minimum atomic E-state index is -1.17. The zero-order valence-electron chi connectivity index (χ0n) is 12.4. The average Bonchev–Trinajstić information content (AvgIpc) is 2.24. The van der Waals surface area contributed by atoms with Gasteiger partial charge >= 0.3 is 0 Å². The first-order valence-electron chi connectivity index (χ1n) is 6.37. The lowest BCUT2D eigenvalue weighted by atomic mass is 9.86. The monoisotopic (exact) mass is 264 g/mol. The molecule has 0 aliphatic carbocycles. The maximum absolute atomic E-state index is 11.2. The summed E-state index contributed by atoms with van der Waals surface area (Å²) in [6.07, 6.45) is 0. The van der Waals surface area contributed by atoms with Crippen LogP contribution in [0, 0.1) is 6.92 Å². The molecular formula is C15H24N2O2. The van der Waals surface area contributed by atoms with Gasteiger partial charge in [0.2, 0.25) is 5.91 Å². The van der Waals surface area contributed by atoms with Gasteiger partial charge in [-0.2, -0.15) is 0 Å². The molecule has 0 radical (unpaired) electrons. The van der Waals surface area contributed by atoms with Gasteiger partial charge in [0.05, 0.1) is 0 Å². The average molecular weight is 264 g/mol. The van der Waals surface area contributed by atoms with E-state index in [0.717, 1.165) is 16.9 Å². The number of carbonyl (C=O) groups excluding carboxylic acids is 1. The van der Waals surface area contributed by atoms with Crippen LogP contribution >= 0.6 is 0 Å². The number of hydrogen-bond acceptors (Lipinski definition) is 3. The molecule has 4 nitrogen and oxygen atoms in total. The van der Waals surface area contributed by atoms with E-state index in [1.54, 1.807) is 6.92 Å². The van der Waals surface area contributed by atoms with Gasteiger partial charge in [-0.05, 0) is 36.5 Å². The normalized spacial score (nSPS) is 14.8. The van der Waals surface area contributed by atoms with Gasteiger partial charge in [0.25, 0.3) is 0 Å². The highest BCUT2D eigenvalue weighted by molar-refractivity contribution is 5.84. The third-order valence-electron chi connectivity index (χ3n) is 3.04. The highest BCUT2D eigenvalue weighted by Gasteiger charge is 2.28. The molecule has 1 amide bonds. The van der Waals surface area contributed by atoms with E-state index in [0.29, 0.717) is 0 Å². The largest absolute Gasteiger partial charge is 0.491 e. The molecule has 4 heteroatoms. The highest BCUT2D eigenvalue weighted by Crippen LogP contribution is 2.32. The van der Waals surface area contributed by atoms with E-state index in [4.69, 9.17) is 16.2 Å². The molecule has 0 spiro atoms. The number of nitrogens with two attached hydrogens (primary N) is 2. The van der Waals surface area contributed by atoms with Gasteiger partial charge in [-0.25, -0.2) is 0 Å². The third kappa shape index (κ3) is 3.96. The van der Waals surface area contributed by atoms with Gasteiger partial charge in [-0.3, -0.25) is 4.79 Å². The standard InChI is InChI=1S/C15H24N2O2/c1-10-6-7-11(14(2,3)4)12(8-10)19-9-15(5,17)13(16)18/h6-8H,9,17H2,1-5H3,(H2,16,18). The van der Waals surface area contributed by atoms with Gasteiger partial charge in [0, 0.05) is 0 Å². The van der Waals surface area contributed by atoms with E-state index in [9.17, 15) is 4.79 Å². The molecule has 0 bridgehead atoms. The Bertz CT molecular complexity index is 474. The van der Waals surface area contributed by atoms with Crippen LogP contribution in [-0.2, 0) is 10.2 Å². The predicted octanol–water partition coefficient (Wildman–Crippen LogP) is 1.87. The molecule has 1 atom stereocenters. The van der Waals surface area contributed by atoms with Crippen LogP contribution in [0.3, 0.4) is 0 Å². The summed E-state index contributed by atoms with van der Waals surface area (Å²) in [7, 11) is 0. The molecule has 0 saturated carbocycles. The number of hydrogen-bond donors (Lipinski definition) is 2. The fraction of sp³-hybridized carbons (Fsp3) is 0.533. The lowest BCUT2D eigenvalue weighted by Crippen LogP contribution is -2.53. The molecule has 0 saturated heterocycles. The van der Waals surface area contributed by atoms with Crippen molar-refractivity contribution in [3.05, 3.63) is 29.3 Å². The Morgan fingerprint density at radius 3 is 2.32 bits per heavy atom. The topological polar surface area (TPSA) is 78.3 Å².